The van der Waals surface area contributed by atoms with Crippen LogP contribution < -0.4 is 11.1 Å². The highest BCUT2D eigenvalue weighted by Crippen LogP contribution is 2.43. The maximum Gasteiger partial charge on any atom is 0.189 e. The Morgan fingerprint density at radius 3 is 2.08 bits per heavy atom. The van der Waals surface area contributed by atoms with Crippen LogP contribution in [0.2, 0.25) is 5.11 Å². The van der Waals surface area contributed by atoms with Gasteiger partial charge < -0.3 is 20.7 Å². The Balaban J connectivity index is 1.66. The number of rotatable bonds is 9. The summed E-state index contributed by atoms with van der Waals surface area (Å²) in [7, 11) is 8.07. The standard InChI is InChI=1S/C24H31B6N5O4S/c1-32-11-13-2-4-14(5-3-13)17-10-19(39-35-17)20-21(31)33-12-18(34-20)15-6-8-16(9-7-15)40(37,38)22(25,23(26,27)28)24(29,30)36/h2-10,12,32,36H,11,25-30H2,1H3,(H2,31,33). The van der Waals surface area contributed by atoms with Crippen LogP contribution in [0, 0.1) is 0 Å². The van der Waals surface area contributed by atoms with E-state index in [1.165, 1.54) is 34.0 Å². The zero-order chi connectivity index (χ0) is 29.5. The Hall–Kier alpha value is -3.21. The Labute approximate surface area is 240 Å². The molecule has 1 atom stereocenters. The summed E-state index contributed by atoms with van der Waals surface area (Å²) in [5.41, 5.74) is 10.3. The minimum atomic E-state index is -3.94. The zero-order valence-corrected chi connectivity index (χ0v) is 24.8. The molecule has 16 heteroatoms. The lowest BCUT2D eigenvalue weighted by Gasteiger charge is -2.50. The molecule has 0 bridgehead atoms. The number of sulfone groups is 1. The maximum atomic E-state index is 13.8. The number of anilines is 1. The lowest BCUT2D eigenvalue weighted by molar-refractivity contribution is 0.191. The van der Waals surface area contributed by atoms with Gasteiger partial charge in [-0.2, -0.15) is 0 Å². The normalized spacial score (nSPS) is 14.1. The fourth-order valence-electron chi connectivity index (χ4n) is 4.93. The molecule has 1 unspecified atom stereocenters. The van der Waals surface area contributed by atoms with E-state index >= 15 is 0 Å². The van der Waals surface area contributed by atoms with Crippen LogP contribution in [0.15, 0.2) is 70.2 Å². The number of aromatic nitrogens is 3. The molecule has 2 aromatic carbocycles. The number of nitrogen functional groups attached to an aromatic ring is 1. The van der Waals surface area contributed by atoms with E-state index in [9.17, 15) is 13.5 Å². The van der Waals surface area contributed by atoms with Crippen molar-refractivity contribution in [3.63, 3.8) is 0 Å². The van der Waals surface area contributed by atoms with Crippen LogP contribution in [-0.2, 0) is 16.4 Å². The second kappa shape index (κ2) is 10.6. The summed E-state index contributed by atoms with van der Waals surface area (Å²) in [5, 5.41) is 16.0. The predicted molar refractivity (Wildman–Crippen MR) is 174 cm³/mol. The quantitative estimate of drug-likeness (QED) is 0.183. The van der Waals surface area contributed by atoms with Crippen molar-refractivity contribution < 1.29 is 18.0 Å². The van der Waals surface area contributed by atoms with Crippen molar-refractivity contribution in [2.24, 2.45) is 0 Å². The van der Waals surface area contributed by atoms with Crippen molar-refractivity contribution in [1.29, 1.82) is 0 Å². The molecule has 4 rings (SSSR count). The summed E-state index contributed by atoms with van der Waals surface area (Å²) in [6.45, 7) is 0.769. The third kappa shape index (κ3) is 5.27. The van der Waals surface area contributed by atoms with Crippen molar-refractivity contribution in [2.45, 2.75) is 26.6 Å². The van der Waals surface area contributed by atoms with Gasteiger partial charge in [-0.15, -0.1) is 0 Å². The van der Waals surface area contributed by atoms with Crippen molar-refractivity contribution in [3.8, 4) is 34.0 Å². The van der Waals surface area contributed by atoms with Gasteiger partial charge in [-0.25, -0.2) is 18.4 Å². The molecule has 0 fully saturated rings. The largest absolute Gasteiger partial charge is 0.407 e. The van der Waals surface area contributed by atoms with E-state index in [2.05, 4.69) is 20.4 Å². The monoisotopic (exact) mass is 551 g/mol. The number of aliphatic hydroxyl groups is 1. The topological polar surface area (TPSA) is 144 Å². The summed E-state index contributed by atoms with van der Waals surface area (Å²) in [6.07, 6.45) is 1.52. The van der Waals surface area contributed by atoms with Gasteiger partial charge in [0.25, 0.3) is 0 Å². The summed E-state index contributed by atoms with van der Waals surface area (Å²) in [4.78, 5) is 9.06. The Morgan fingerprint density at radius 2 is 1.52 bits per heavy atom. The van der Waals surface area contributed by atoms with Crippen LogP contribution in [-0.4, -0.2) is 92.8 Å². The number of nitrogens with one attached hydrogen (secondary N) is 1. The van der Waals surface area contributed by atoms with Crippen LogP contribution in [0.25, 0.3) is 34.0 Å². The molecule has 0 aliphatic rings. The smallest absolute Gasteiger partial charge is 0.189 e. The molecule has 40 heavy (non-hydrogen) atoms. The molecule has 4 aromatic rings. The first-order valence-electron chi connectivity index (χ1n) is 13.0. The lowest BCUT2D eigenvalue weighted by atomic mass is 9.27. The lowest BCUT2D eigenvalue weighted by Crippen LogP contribution is -2.67. The van der Waals surface area contributed by atoms with Crippen LogP contribution in [0.1, 0.15) is 5.56 Å². The molecule has 0 spiro atoms. The first kappa shape index (κ1) is 29.8. The minimum absolute atomic E-state index is 0.111. The Morgan fingerprint density at radius 1 is 0.950 bits per heavy atom. The van der Waals surface area contributed by atoms with Gasteiger partial charge >= 0.3 is 0 Å². The van der Waals surface area contributed by atoms with Gasteiger partial charge in [0.1, 0.15) is 29.2 Å². The fraction of sp³-hybridized carbons (Fsp3) is 0.208. The first-order valence-corrected chi connectivity index (χ1v) is 14.5. The van der Waals surface area contributed by atoms with Gasteiger partial charge in [-0.1, -0.05) is 46.7 Å². The molecule has 0 aliphatic carbocycles. The van der Waals surface area contributed by atoms with E-state index < -0.39 is 25.0 Å². The molecular weight excluding hydrogens is 519 g/mol. The molecular formula is C24H31B6N5O4S. The highest BCUT2D eigenvalue weighted by atomic mass is 32.2. The second-order valence-electron chi connectivity index (χ2n) is 11.7. The van der Waals surface area contributed by atoms with E-state index in [0.717, 1.165) is 17.7 Å². The van der Waals surface area contributed by atoms with Crippen LogP contribution in [0.5, 0.6) is 0 Å². The van der Waals surface area contributed by atoms with Crippen molar-refractivity contribution in [3.05, 3.63) is 66.4 Å². The molecule has 0 saturated carbocycles. The summed E-state index contributed by atoms with van der Waals surface area (Å²) in [6, 6.07) is 16.1. The molecule has 0 aliphatic heterocycles. The van der Waals surface area contributed by atoms with Crippen molar-refractivity contribution in [2.75, 3.05) is 12.8 Å². The second-order valence-corrected chi connectivity index (χ2v) is 14.0. The highest BCUT2D eigenvalue weighted by molar-refractivity contribution is 7.94. The number of nitrogens with zero attached hydrogens (tertiary/aromatic N) is 3. The Kier molecular flexibility index (Phi) is 7.92. The third-order valence-corrected chi connectivity index (χ3v) is 10.9. The Bertz CT molecular complexity index is 1610. The van der Waals surface area contributed by atoms with Gasteiger partial charge in [-0.3, -0.25) is 0 Å². The molecule has 4 N–H and O–H groups in total. The third-order valence-electron chi connectivity index (χ3n) is 7.77. The van der Waals surface area contributed by atoms with E-state index in [-0.39, 0.29) is 10.7 Å². The number of hydrogen-bond donors (Lipinski definition) is 3. The van der Waals surface area contributed by atoms with E-state index in [4.69, 9.17) is 10.3 Å². The average molecular weight is 550 g/mol. The molecule has 2 heterocycles. The summed E-state index contributed by atoms with van der Waals surface area (Å²) in [5.74, 6) is 0.549. The maximum absolute atomic E-state index is 13.8. The van der Waals surface area contributed by atoms with Crippen LogP contribution >= 0.6 is 0 Å². The molecule has 9 nitrogen and oxygen atoms in total. The van der Waals surface area contributed by atoms with Crippen LogP contribution in [0.4, 0.5) is 5.82 Å². The number of benzene rings is 2. The first-order chi connectivity index (χ1) is 18.6. The van der Waals surface area contributed by atoms with E-state index in [0.29, 0.717) is 28.4 Å². The highest BCUT2D eigenvalue weighted by Gasteiger charge is 2.56. The van der Waals surface area contributed by atoms with Gasteiger partial charge in [0.05, 0.1) is 40.3 Å². The predicted octanol–water partition coefficient (Wildman–Crippen LogP) is -3.24. The molecule has 200 valence electrons. The summed E-state index contributed by atoms with van der Waals surface area (Å²) < 4.78 is 31.8. The number of hydrogen-bond acceptors (Lipinski definition) is 9. The van der Waals surface area contributed by atoms with Gasteiger partial charge in [-0.05, 0) is 24.7 Å². The van der Waals surface area contributed by atoms with E-state index in [1.807, 2.05) is 54.9 Å². The minimum Gasteiger partial charge on any atom is -0.407 e. The molecule has 2 aromatic heterocycles. The molecule has 0 radical (unpaired) electrons. The van der Waals surface area contributed by atoms with E-state index in [1.54, 1.807) is 26.0 Å². The average Bonchev–Trinajstić information content (AvgIpc) is 3.38. The van der Waals surface area contributed by atoms with Crippen molar-refractivity contribution in [1.82, 2.24) is 20.4 Å². The van der Waals surface area contributed by atoms with Crippen molar-refractivity contribution >= 4 is 62.7 Å². The fourth-order valence-corrected chi connectivity index (χ4v) is 7.36. The number of nitrogens with two attached hydrogens (primary N) is 1. The SMILES string of the molecule is BC(B)(B)C(B)(C(B)(B)O)S(=O)(=O)c1ccc(-c2cnc(N)c(-c3cc(-c4ccc(CNC)cc4)no3)n2)cc1. The summed E-state index contributed by atoms with van der Waals surface area (Å²) >= 11 is 0. The van der Waals surface area contributed by atoms with Gasteiger partial charge in [0, 0.05) is 33.8 Å². The van der Waals surface area contributed by atoms with Crippen LogP contribution in [0.3, 0.4) is 0 Å². The molecule has 0 amide bonds. The van der Waals surface area contributed by atoms with Gasteiger partial charge in [0.2, 0.25) is 0 Å². The zero-order valence-electron chi connectivity index (χ0n) is 24.0. The van der Waals surface area contributed by atoms with Gasteiger partial charge in [0.15, 0.2) is 27.1 Å². The molecule has 0 saturated heterocycles.